The van der Waals surface area contributed by atoms with Crippen LogP contribution in [0.25, 0.3) is 0 Å². The number of methoxy groups -OCH3 is 2. The Morgan fingerprint density at radius 3 is 2.03 bits per heavy atom. The van der Waals surface area contributed by atoms with E-state index in [0.717, 1.165) is 5.56 Å². The minimum absolute atomic E-state index is 0.269. The number of carbonyl (C=O) groups is 2. The zero-order valence-corrected chi connectivity index (χ0v) is 17.5. The van der Waals surface area contributed by atoms with Crippen LogP contribution in [0.3, 0.4) is 0 Å². The van der Waals surface area contributed by atoms with Crippen molar-refractivity contribution in [3.8, 4) is 11.5 Å². The lowest BCUT2D eigenvalue weighted by Gasteiger charge is -2.10. The van der Waals surface area contributed by atoms with Crippen molar-refractivity contribution in [3.63, 3.8) is 0 Å². The molecule has 0 aliphatic rings. The van der Waals surface area contributed by atoms with Gasteiger partial charge in [-0.1, -0.05) is 30.3 Å². The molecule has 3 rings (SSSR count). The van der Waals surface area contributed by atoms with Crippen LogP contribution in [-0.2, 0) is 0 Å². The number of hydrazone groups is 1. The van der Waals surface area contributed by atoms with E-state index in [1.54, 1.807) is 61.5 Å². The summed E-state index contributed by atoms with van der Waals surface area (Å²) < 4.78 is 10.4. The van der Waals surface area contributed by atoms with Crippen molar-refractivity contribution in [2.45, 2.75) is 6.92 Å². The van der Waals surface area contributed by atoms with Crippen LogP contribution in [-0.4, -0.2) is 31.7 Å². The van der Waals surface area contributed by atoms with E-state index in [0.29, 0.717) is 34.0 Å². The zero-order chi connectivity index (χ0) is 22.2. The fourth-order valence-electron chi connectivity index (χ4n) is 2.83. The maximum Gasteiger partial charge on any atom is 0.271 e. The Labute approximate surface area is 180 Å². The molecular formula is C24H23N3O4. The van der Waals surface area contributed by atoms with Crippen LogP contribution in [0.4, 0.5) is 5.69 Å². The Morgan fingerprint density at radius 1 is 0.742 bits per heavy atom. The topological polar surface area (TPSA) is 89.0 Å². The van der Waals surface area contributed by atoms with Gasteiger partial charge in [-0.25, -0.2) is 5.43 Å². The van der Waals surface area contributed by atoms with Gasteiger partial charge in [0.15, 0.2) is 11.5 Å². The van der Waals surface area contributed by atoms with Crippen molar-refractivity contribution in [2.75, 3.05) is 19.5 Å². The highest BCUT2D eigenvalue weighted by Gasteiger charge is 2.11. The van der Waals surface area contributed by atoms with Gasteiger partial charge in [0.1, 0.15) is 0 Å². The molecule has 2 N–H and O–H groups in total. The third-order valence-corrected chi connectivity index (χ3v) is 4.57. The second kappa shape index (κ2) is 10.1. The van der Waals surface area contributed by atoms with Crippen LogP contribution in [0.1, 0.15) is 33.2 Å². The van der Waals surface area contributed by atoms with E-state index in [-0.39, 0.29) is 11.8 Å². The Balaban J connectivity index is 1.64. The highest BCUT2D eigenvalue weighted by Crippen LogP contribution is 2.27. The summed E-state index contributed by atoms with van der Waals surface area (Å²) in [7, 11) is 3.06. The first-order valence-electron chi connectivity index (χ1n) is 9.55. The number of hydrogen-bond donors (Lipinski definition) is 2. The first-order chi connectivity index (χ1) is 15.0. The average Bonchev–Trinajstić information content (AvgIpc) is 2.82. The molecule has 2 amide bonds. The zero-order valence-electron chi connectivity index (χ0n) is 17.5. The average molecular weight is 417 g/mol. The molecule has 0 aliphatic carbocycles. The van der Waals surface area contributed by atoms with Crippen LogP contribution in [0.5, 0.6) is 11.5 Å². The third kappa shape index (κ3) is 5.48. The van der Waals surface area contributed by atoms with E-state index in [1.807, 2.05) is 18.2 Å². The number of anilines is 1. The molecule has 31 heavy (non-hydrogen) atoms. The Morgan fingerprint density at radius 2 is 1.39 bits per heavy atom. The van der Waals surface area contributed by atoms with Crippen molar-refractivity contribution < 1.29 is 19.1 Å². The molecule has 158 valence electrons. The van der Waals surface area contributed by atoms with Gasteiger partial charge in [0.2, 0.25) is 0 Å². The third-order valence-electron chi connectivity index (χ3n) is 4.57. The molecule has 0 fully saturated rings. The number of hydrogen-bond acceptors (Lipinski definition) is 5. The molecule has 7 heteroatoms. The SMILES string of the molecule is COc1ccc(C(=O)Nc2ccc(/C(C)=N\NC(=O)c3ccccc3)cc2)cc1OC. The lowest BCUT2D eigenvalue weighted by Crippen LogP contribution is -2.19. The van der Waals surface area contributed by atoms with Gasteiger partial charge in [0, 0.05) is 16.8 Å². The fraction of sp³-hybridized carbons (Fsp3) is 0.125. The fourth-order valence-corrected chi connectivity index (χ4v) is 2.83. The molecule has 0 aliphatic heterocycles. The van der Waals surface area contributed by atoms with Crippen molar-refractivity contribution >= 4 is 23.2 Å². The number of carbonyl (C=O) groups excluding carboxylic acids is 2. The van der Waals surface area contributed by atoms with E-state index >= 15 is 0 Å². The second-order valence-electron chi connectivity index (χ2n) is 6.61. The van der Waals surface area contributed by atoms with E-state index < -0.39 is 0 Å². The lowest BCUT2D eigenvalue weighted by molar-refractivity contribution is 0.0954. The van der Waals surface area contributed by atoms with Gasteiger partial charge in [-0.3, -0.25) is 9.59 Å². The highest BCUT2D eigenvalue weighted by molar-refractivity contribution is 6.05. The molecule has 0 heterocycles. The van der Waals surface area contributed by atoms with Crippen LogP contribution in [0.2, 0.25) is 0 Å². The van der Waals surface area contributed by atoms with E-state index in [4.69, 9.17) is 9.47 Å². The van der Waals surface area contributed by atoms with E-state index in [1.165, 1.54) is 14.2 Å². The van der Waals surface area contributed by atoms with Gasteiger partial charge in [-0.15, -0.1) is 0 Å². The van der Waals surface area contributed by atoms with Gasteiger partial charge < -0.3 is 14.8 Å². The number of benzene rings is 3. The largest absolute Gasteiger partial charge is 0.493 e. The lowest BCUT2D eigenvalue weighted by atomic mass is 10.1. The van der Waals surface area contributed by atoms with E-state index in [9.17, 15) is 9.59 Å². The van der Waals surface area contributed by atoms with Gasteiger partial charge in [-0.2, -0.15) is 5.10 Å². The maximum absolute atomic E-state index is 12.5. The van der Waals surface area contributed by atoms with Gasteiger partial charge in [-0.05, 0) is 55.0 Å². The minimum atomic E-state index is -0.279. The predicted octanol–water partition coefficient (Wildman–Crippen LogP) is 4.11. The molecule has 3 aromatic carbocycles. The number of amides is 2. The summed E-state index contributed by atoms with van der Waals surface area (Å²) in [6.07, 6.45) is 0. The van der Waals surface area contributed by atoms with Gasteiger partial charge in [0.05, 0.1) is 19.9 Å². The molecule has 3 aromatic rings. The molecule has 0 radical (unpaired) electrons. The summed E-state index contributed by atoms with van der Waals surface area (Å²) in [5.74, 6) is 0.486. The smallest absolute Gasteiger partial charge is 0.271 e. The number of nitrogens with zero attached hydrogens (tertiary/aromatic N) is 1. The first kappa shape index (κ1) is 21.6. The van der Waals surface area contributed by atoms with Crippen molar-refractivity contribution in [1.29, 1.82) is 0 Å². The first-order valence-corrected chi connectivity index (χ1v) is 9.55. The maximum atomic E-state index is 12.5. The summed E-state index contributed by atoms with van der Waals surface area (Å²) in [6, 6.07) is 21.0. The van der Waals surface area contributed by atoms with Crippen LogP contribution in [0, 0.1) is 0 Å². The van der Waals surface area contributed by atoms with E-state index in [2.05, 4.69) is 15.8 Å². The number of rotatable bonds is 7. The minimum Gasteiger partial charge on any atom is -0.493 e. The Bertz CT molecular complexity index is 1090. The highest BCUT2D eigenvalue weighted by atomic mass is 16.5. The summed E-state index contributed by atoms with van der Waals surface area (Å²) in [4.78, 5) is 24.6. The summed E-state index contributed by atoms with van der Waals surface area (Å²) in [5, 5.41) is 6.99. The van der Waals surface area contributed by atoms with Gasteiger partial charge >= 0.3 is 0 Å². The predicted molar refractivity (Wildman–Crippen MR) is 120 cm³/mol. The van der Waals surface area contributed by atoms with Crippen LogP contribution < -0.4 is 20.2 Å². The molecule has 0 saturated carbocycles. The summed E-state index contributed by atoms with van der Waals surface area (Å²) in [6.45, 7) is 1.79. The van der Waals surface area contributed by atoms with Crippen molar-refractivity contribution in [1.82, 2.24) is 5.43 Å². The number of ether oxygens (including phenoxy) is 2. The monoisotopic (exact) mass is 417 g/mol. The summed E-state index contributed by atoms with van der Waals surface area (Å²) in [5.41, 5.74) is 5.61. The van der Waals surface area contributed by atoms with Crippen LogP contribution in [0.15, 0.2) is 77.9 Å². The Hall–Kier alpha value is -4.13. The van der Waals surface area contributed by atoms with Crippen LogP contribution >= 0.6 is 0 Å². The molecular weight excluding hydrogens is 394 g/mol. The molecule has 0 atom stereocenters. The molecule has 0 spiro atoms. The van der Waals surface area contributed by atoms with Crippen molar-refractivity contribution in [3.05, 3.63) is 89.5 Å². The Kier molecular flexibility index (Phi) is 7.01. The normalized spacial score (nSPS) is 10.9. The molecule has 0 unspecified atom stereocenters. The number of nitrogens with one attached hydrogen (secondary N) is 2. The standard InChI is InChI=1S/C24H23N3O4/c1-16(26-27-24(29)18-7-5-4-6-8-18)17-9-12-20(13-10-17)25-23(28)19-11-14-21(30-2)22(15-19)31-3/h4-15H,1-3H3,(H,25,28)(H,27,29)/b26-16-. The molecule has 0 saturated heterocycles. The summed E-state index contributed by atoms with van der Waals surface area (Å²) >= 11 is 0. The van der Waals surface area contributed by atoms with Gasteiger partial charge in [0.25, 0.3) is 11.8 Å². The second-order valence-corrected chi connectivity index (χ2v) is 6.61. The molecule has 0 bridgehead atoms. The van der Waals surface area contributed by atoms with Crippen molar-refractivity contribution in [2.24, 2.45) is 5.10 Å². The molecule has 7 nitrogen and oxygen atoms in total. The molecule has 0 aromatic heterocycles. The quantitative estimate of drug-likeness (QED) is 0.447.